The van der Waals surface area contributed by atoms with E-state index in [1.165, 1.54) is 161 Å². The van der Waals surface area contributed by atoms with E-state index in [2.05, 4.69) is 130 Å². The summed E-state index contributed by atoms with van der Waals surface area (Å²) in [6.45, 7) is 6.48. The van der Waals surface area contributed by atoms with Crippen LogP contribution < -0.4 is 0 Å². The fourth-order valence-corrected chi connectivity index (χ4v) is 9.24. The molecule has 0 aliphatic heterocycles. The molecule has 0 radical (unpaired) electrons. The third-order valence-electron chi connectivity index (χ3n) is 14.2. The topological polar surface area (TPSA) is 78.9 Å². The van der Waals surface area contributed by atoms with Crippen LogP contribution in [0.2, 0.25) is 0 Å². The quantitative estimate of drug-likeness (QED) is 0.0261. The molecule has 0 aromatic carbocycles. The molecule has 0 bridgehead atoms. The highest BCUT2D eigenvalue weighted by Gasteiger charge is 2.19. The number of carbonyl (C=O) groups is 3. The molecule has 0 amide bonds. The predicted octanol–water partition coefficient (Wildman–Crippen LogP) is 23.0. The number of hydrogen-bond donors (Lipinski definition) is 0. The third kappa shape index (κ3) is 64.8. The van der Waals surface area contributed by atoms with Gasteiger partial charge in [0.15, 0.2) is 6.10 Å². The van der Waals surface area contributed by atoms with Crippen molar-refractivity contribution < 1.29 is 28.6 Å². The van der Waals surface area contributed by atoms with Crippen LogP contribution in [0.3, 0.4) is 0 Å². The zero-order valence-corrected chi connectivity index (χ0v) is 51.9. The van der Waals surface area contributed by atoms with Crippen molar-refractivity contribution in [1.29, 1.82) is 0 Å². The number of ether oxygens (including phenoxy) is 3. The van der Waals surface area contributed by atoms with Crippen molar-refractivity contribution in [2.24, 2.45) is 0 Å². The molecule has 6 nitrogen and oxygen atoms in total. The fraction of sp³-hybridized carbons (Fsp3) is 0.712. The number of hydrogen-bond acceptors (Lipinski definition) is 6. The molecule has 0 spiro atoms. The molecule has 452 valence electrons. The van der Waals surface area contributed by atoms with E-state index in [4.69, 9.17) is 14.2 Å². The average molecular weight is 1100 g/mol. The Hall–Kier alpha value is -3.93. The summed E-state index contributed by atoms with van der Waals surface area (Å²) in [6.07, 6.45) is 91.0. The van der Waals surface area contributed by atoms with Gasteiger partial charge < -0.3 is 14.2 Å². The molecular weight excluding hydrogens is 973 g/mol. The molecule has 0 heterocycles. The van der Waals surface area contributed by atoms with E-state index in [-0.39, 0.29) is 31.1 Å². The molecule has 0 rings (SSSR count). The summed E-state index contributed by atoms with van der Waals surface area (Å²) >= 11 is 0. The van der Waals surface area contributed by atoms with Crippen LogP contribution in [0.5, 0.6) is 0 Å². The van der Waals surface area contributed by atoms with Gasteiger partial charge in [-0.1, -0.05) is 278 Å². The predicted molar refractivity (Wildman–Crippen MR) is 343 cm³/mol. The highest BCUT2D eigenvalue weighted by atomic mass is 16.6. The zero-order valence-electron chi connectivity index (χ0n) is 51.9. The highest BCUT2D eigenvalue weighted by molar-refractivity contribution is 5.71. The first-order chi connectivity index (χ1) is 39.0. The second-order valence-electron chi connectivity index (χ2n) is 22.0. The van der Waals surface area contributed by atoms with Crippen LogP contribution in [0.1, 0.15) is 316 Å². The van der Waals surface area contributed by atoms with Crippen LogP contribution in [0.4, 0.5) is 0 Å². The Morgan fingerprint density at radius 2 is 0.494 bits per heavy atom. The summed E-state index contributed by atoms with van der Waals surface area (Å²) in [6, 6.07) is 0. The van der Waals surface area contributed by atoms with Gasteiger partial charge in [0.2, 0.25) is 0 Å². The van der Waals surface area contributed by atoms with Gasteiger partial charge in [0.1, 0.15) is 13.2 Å². The molecule has 1 atom stereocenters. The number of unbranched alkanes of at least 4 members (excludes halogenated alkanes) is 31. The maximum atomic E-state index is 12.9. The van der Waals surface area contributed by atoms with Crippen LogP contribution in [0.15, 0.2) is 109 Å². The van der Waals surface area contributed by atoms with Gasteiger partial charge in [0.05, 0.1) is 0 Å². The Balaban J connectivity index is 4.39. The minimum atomic E-state index is -0.806. The van der Waals surface area contributed by atoms with Crippen molar-refractivity contribution in [2.45, 2.75) is 322 Å². The minimum Gasteiger partial charge on any atom is -0.462 e. The molecule has 6 heteroatoms. The normalized spacial score (nSPS) is 12.8. The molecule has 0 aliphatic carbocycles. The summed E-state index contributed by atoms with van der Waals surface area (Å²) in [4.78, 5) is 38.4. The molecule has 0 aromatic rings. The van der Waals surface area contributed by atoms with Gasteiger partial charge in [-0.15, -0.1) is 0 Å². The Labute approximate surface area is 489 Å². The standard InChI is InChI=1S/C73H124O6/c1-4-7-10-13-16-19-22-25-28-30-32-34-35-36-37-39-40-42-45-48-51-54-57-60-63-66-72(75)78-69-70(68-77-71(74)65-62-59-56-53-50-47-44-27-24-21-18-15-12-9-6-3)79-73(76)67-64-61-58-55-52-49-46-43-41-38-33-31-29-26-23-20-17-14-11-8-5-2/h9,12,18,21-23,25-27,30-33,41,43-44,50,53,70H,4-8,10-11,13-17,19-20,24,28-29,34-40,42,45-49,51-52,54-69H2,1-3H3/b12-9-,21-18-,25-22-,26-23-,32-30-,33-31-,43-41-,44-27-,53-50-. The van der Waals surface area contributed by atoms with Gasteiger partial charge in [0.25, 0.3) is 0 Å². The SMILES string of the molecule is CC/C=C\C/C=C\C/C=C\C/C=C\CCCCC(=O)OCC(COC(=O)CCCCCCCCCCCCCCC/C=C\C/C=C\CCCCCCC)OC(=O)CCCCCCCC/C=C\C/C=C\C/C=C\CCCCCCC. The van der Waals surface area contributed by atoms with Gasteiger partial charge in [-0.3, -0.25) is 14.4 Å². The van der Waals surface area contributed by atoms with Crippen LogP contribution in [-0.4, -0.2) is 37.2 Å². The molecule has 0 fully saturated rings. The molecule has 0 saturated heterocycles. The van der Waals surface area contributed by atoms with Crippen LogP contribution in [-0.2, 0) is 28.6 Å². The number of carbonyl (C=O) groups excluding carboxylic acids is 3. The highest BCUT2D eigenvalue weighted by Crippen LogP contribution is 2.16. The van der Waals surface area contributed by atoms with Crippen LogP contribution in [0, 0.1) is 0 Å². The van der Waals surface area contributed by atoms with Crippen LogP contribution in [0.25, 0.3) is 0 Å². The Morgan fingerprint density at radius 3 is 0.797 bits per heavy atom. The van der Waals surface area contributed by atoms with Crippen molar-refractivity contribution in [1.82, 2.24) is 0 Å². The average Bonchev–Trinajstić information content (AvgIpc) is 3.45. The second-order valence-corrected chi connectivity index (χ2v) is 22.0. The number of allylic oxidation sites excluding steroid dienone is 18. The lowest BCUT2D eigenvalue weighted by Crippen LogP contribution is -2.30. The van der Waals surface area contributed by atoms with E-state index < -0.39 is 6.10 Å². The summed E-state index contributed by atoms with van der Waals surface area (Å²) in [7, 11) is 0. The van der Waals surface area contributed by atoms with Gasteiger partial charge >= 0.3 is 17.9 Å². The molecular formula is C73H124O6. The van der Waals surface area contributed by atoms with Crippen LogP contribution >= 0.6 is 0 Å². The maximum Gasteiger partial charge on any atom is 0.306 e. The lowest BCUT2D eigenvalue weighted by atomic mass is 10.0. The fourth-order valence-electron chi connectivity index (χ4n) is 9.24. The van der Waals surface area contributed by atoms with Gasteiger partial charge in [-0.05, 0) is 128 Å². The van der Waals surface area contributed by atoms with E-state index in [9.17, 15) is 14.4 Å². The van der Waals surface area contributed by atoms with Crippen molar-refractivity contribution in [3.63, 3.8) is 0 Å². The summed E-state index contributed by atoms with van der Waals surface area (Å²) in [5.74, 6) is -0.946. The van der Waals surface area contributed by atoms with Crippen molar-refractivity contribution in [2.75, 3.05) is 13.2 Å². The largest absolute Gasteiger partial charge is 0.462 e. The van der Waals surface area contributed by atoms with E-state index in [1.54, 1.807) is 0 Å². The first-order valence-electron chi connectivity index (χ1n) is 33.4. The first kappa shape index (κ1) is 75.1. The number of esters is 3. The summed E-state index contributed by atoms with van der Waals surface area (Å²) in [5.41, 5.74) is 0. The maximum absolute atomic E-state index is 12.9. The zero-order chi connectivity index (χ0) is 57.1. The monoisotopic (exact) mass is 1100 g/mol. The van der Waals surface area contributed by atoms with E-state index in [1.807, 2.05) is 0 Å². The molecule has 0 N–H and O–H groups in total. The number of rotatable bonds is 60. The van der Waals surface area contributed by atoms with Crippen molar-refractivity contribution in [3.8, 4) is 0 Å². The Bertz CT molecular complexity index is 1590. The second kappa shape index (κ2) is 66.6. The van der Waals surface area contributed by atoms with Crippen molar-refractivity contribution >= 4 is 17.9 Å². The van der Waals surface area contributed by atoms with E-state index >= 15 is 0 Å². The molecule has 1 unspecified atom stereocenters. The Morgan fingerprint density at radius 1 is 0.266 bits per heavy atom. The smallest absolute Gasteiger partial charge is 0.306 e. The van der Waals surface area contributed by atoms with Gasteiger partial charge in [-0.2, -0.15) is 0 Å². The van der Waals surface area contributed by atoms with Gasteiger partial charge in [0, 0.05) is 19.3 Å². The molecule has 0 aliphatic rings. The van der Waals surface area contributed by atoms with Gasteiger partial charge in [-0.25, -0.2) is 0 Å². The third-order valence-corrected chi connectivity index (χ3v) is 14.2. The molecule has 0 saturated carbocycles. The molecule has 79 heavy (non-hydrogen) atoms. The Kier molecular flexibility index (Phi) is 63.3. The molecule has 0 aromatic heterocycles. The van der Waals surface area contributed by atoms with Crippen molar-refractivity contribution in [3.05, 3.63) is 109 Å². The van der Waals surface area contributed by atoms with E-state index in [0.717, 1.165) is 116 Å². The summed E-state index contributed by atoms with van der Waals surface area (Å²) < 4.78 is 16.9. The lowest BCUT2D eigenvalue weighted by molar-refractivity contribution is -0.167. The van der Waals surface area contributed by atoms with E-state index in [0.29, 0.717) is 19.3 Å². The summed E-state index contributed by atoms with van der Waals surface area (Å²) in [5, 5.41) is 0. The first-order valence-corrected chi connectivity index (χ1v) is 33.4. The minimum absolute atomic E-state index is 0.0974. The lowest BCUT2D eigenvalue weighted by Gasteiger charge is -2.18.